The predicted molar refractivity (Wildman–Crippen MR) is 103 cm³/mol. The molecular weight excluding hydrogens is 352 g/mol. The van der Waals surface area contributed by atoms with Crippen molar-refractivity contribution in [1.82, 2.24) is 4.98 Å². The molecule has 2 fully saturated rings. The molecule has 1 saturated heterocycles. The van der Waals surface area contributed by atoms with Crippen LogP contribution >= 0.6 is 23.1 Å². The predicted octanol–water partition coefficient (Wildman–Crippen LogP) is 4.87. The van der Waals surface area contributed by atoms with Crippen molar-refractivity contribution in [2.45, 2.75) is 49.8 Å². The molecule has 1 aromatic carbocycles. The van der Waals surface area contributed by atoms with Crippen molar-refractivity contribution < 1.29 is 9.59 Å². The Kier molecular flexibility index (Phi) is 4.82. The van der Waals surface area contributed by atoms with Gasteiger partial charge in [0.25, 0.3) is 0 Å². The minimum atomic E-state index is -0.0985. The molecule has 4 rings (SSSR count). The lowest BCUT2D eigenvalue weighted by molar-refractivity contribution is -0.122. The number of benzene rings is 1. The topological polar surface area (TPSA) is 50.3 Å². The van der Waals surface area contributed by atoms with Gasteiger partial charge in [0.1, 0.15) is 0 Å². The van der Waals surface area contributed by atoms with Crippen molar-refractivity contribution in [2.24, 2.45) is 11.8 Å². The summed E-state index contributed by atoms with van der Waals surface area (Å²) in [4.78, 5) is 31.6. The fraction of sp³-hybridized carbons (Fsp3) is 0.526. The zero-order valence-electron chi connectivity index (χ0n) is 14.4. The molecule has 0 spiro atoms. The van der Waals surface area contributed by atoms with Crippen LogP contribution in [0.2, 0.25) is 0 Å². The van der Waals surface area contributed by atoms with Gasteiger partial charge >= 0.3 is 0 Å². The highest BCUT2D eigenvalue weighted by Gasteiger charge is 2.48. The van der Waals surface area contributed by atoms with Crippen molar-refractivity contribution in [2.75, 3.05) is 10.7 Å². The highest BCUT2D eigenvalue weighted by Crippen LogP contribution is 2.41. The lowest BCUT2D eigenvalue weighted by Gasteiger charge is -2.19. The Morgan fingerprint density at radius 3 is 2.60 bits per heavy atom. The van der Waals surface area contributed by atoms with Crippen LogP contribution in [-0.4, -0.2) is 22.6 Å². The maximum atomic E-state index is 12.8. The summed E-state index contributed by atoms with van der Waals surface area (Å²) in [7, 11) is 0. The third-order valence-electron chi connectivity index (χ3n) is 5.18. The van der Waals surface area contributed by atoms with E-state index in [1.807, 2.05) is 18.2 Å². The molecule has 2 atom stereocenters. The molecule has 0 bridgehead atoms. The number of carbonyl (C=O) groups is 2. The molecule has 6 heteroatoms. The van der Waals surface area contributed by atoms with Crippen LogP contribution in [0.3, 0.4) is 0 Å². The van der Waals surface area contributed by atoms with Crippen LogP contribution in [0.15, 0.2) is 22.5 Å². The maximum Gasteiger partial charge on any atom is 0.237 e. The average Bonchev–Trinajstić information content (AvgIpc) is 3.14. The summed E-state index contributed by atoms with van der Waals surface area (Å²) in [5, 5.41) is 0. The summed E-state index contributed by atoms with van der Waals surface area (Å²) in [6.45, 7) is 2.19. The molecule has 2 heterocycles. The van der Waals surface area contributed by atoms with Gasteiger partial charge in [0.05, 0.1) is 27.7 Å². The highest BCUT2D eigenvalue weighted by atomic mass is 32.2. The van der Waals surface area contributed by atoms with Crippen LogP contribution in [0.25, 0.3) is 10.2 Å². The number of unbranched alkanes of at least 4 members (excludes halogenated alkanes) is 1. The summed E-state index contributed by atoms with van der Waals surface area (Å²) >= 11 is 3.44. The number of rotatable bonds is 5. The Morgan fingerprint density at radius 1 is 1.20 bits per heavy atom. The van der Waals surface area contributed by atoms with E-state index in [0.29, 0.717) is 5.69 Å². The van der Waals surface area contributed by atoms with Gasteiger partial charge in [-0.1, -0.05) is 37.9 Å². The summed E-state index contributed by atoms with van der Waals surface area (Å²) in [6.07, 6.45) is 6.19. The molecule has 0 unspecified atom stereocenters. The number of fused-ring (bicyclic) bond motifs is 2. The van der Waals surface area contributed by atoms with E-state index in [9.17, 15) is 9.59 Å². The number of thioether (sulfide) groups is 1. The zero-order chi connectivity index (χ0) is 17.4. The van der Waals surface area contributed by atoms with Gasteiger partial charge in [0.2, 0.25) is 11.8 Å². The molecule has 2 amide bonds. The van der Waals surface area contributed by atoms with Crippen LogP contribution in [0.5, 0.6) is 0 Å². The molecule has 2 aliphatic rings. The lowest BCUT2D eigenvalue weighted by Crippen LogP contribution is -2.30. The van der Waals surface area contributed by atoms with E-state index in [2.05, 4.69) is 11.9 Å². The Hall–Kier alpha value is -1.40. The van der Waals surface area contributed by atoms with Crippen molar-refractivity contribution in [3.05, 3.63) is 18.2 Å². The van der Waals surface area contributed by atoms with Crippen LogP contribution in [0.4, 0.5) is 5.69 Å². The van der Waals surface area contributed by atoms with Gasteiger partial charge in [-0.25, -0.2) is 4.98 Å². The maximum absolute atomic E-state index is 12.8. The molecule has 1 aromatic heterocycles. The van der Waals surface area contributed by atoms with E-state index in [1.165, 1.54) is 17.7 Å². The first-order valence-corrected chi connectivity index (χ1v) is 10.9. The molecule has 0 radical (unpaired) electrons. The van der Waals surface area contributed by atoms with E-state index < -0.39 is 0 Å². The summed E-state index contributed by atoms with van der Waals surface area (Å²) in [5.41, 5.74) is 1.66. The third kappa shape index (κ3) is 3.10. The summed E-state index contributed by atoms with van der Waals surface area (Å²) in [6, 6.07) is 5.77. The molecule has 25 heavy (non-hydrogen) atoms. The fourth-order valence-corrected chi connectivity index (χ4v) is 6.07. The number of anilines is 1. The smallest absolute Gasteiger partial charge is 0.237 e. The average molecular weight is 375 g/mol. The number of carbonyl (C=O) groups excluding carboxylic acids is 2. The molecule has 4 nitrogen and oxygen atoms in total. The van der Waals surface area contributed by atoms with E-state index >= 15 is 0 Å². The Bertz CT molecular complexity index is 793. The first kappa shape index (κ1) is 17.0. The Morgan fingerprint density at radius 2 is 1.92 bits per heavy atom. The van der Waals surface area contributed by atoms with Crippen LogP contribution in [0.1, 0.15) is 45.4 Å². The van der Waals surface area contributed by atoms with Crippen molar-refractivity contribution in [3.8, 4) is 0 Å². The number of thiazole rings is 1. The standard InChI is InChI=1S/C19H22N2O2S2/c1-2-3-10-24-19-20-15-9-8-12(11-16(15)25-19)21-17(22)13-6-4-5-7-14(13)18(21)23/h8-9,11,13-14H,2-7,10H2,1H3/t13-,14+. The van der Waals surface area contributed by atoms with Gasteiger partial charge in [0.15, 0.2) is 4.34 Å². The molecule has 1 saturated carbocycles. The molecule has 1 aliphatic heterocycles. The number of hydrogen-bond acceptors (Lipinski definition) is 5. The SMILES string of the molecule is CCCCSc1nc2ccc(N3C(=O)[C@H]4CCCC[C@H]4C3=O)cc2s1. The first-order valence-electron chi connectivity index (χ1n) is 9.10. The number of nitrogens with zero attached hydrogens (tertiary/aromatic N) is 2. The molecular formula is C19H22N2O2S2. The molecule has 0 N–H and O–H groups in total. The van der Waals surface area contributed by atoms with E-state index in [4.69, 9.17) is 0 Å². The van der Waals surface area contributed by atoms with Crippen molar-refractivity contribution in [1.29, 1.82) is 0 Å². The van der Waals surface area contributed by atoms with Crippen molar-refractivity contribution in [3.63, 3.8) is 0 Å². The minimum Gasteiger partial charge on any atom is -0.274 e. The Balaban J connectivity index is 1.60. The van der Waals surface area contributed by atoms with Crippen molar-refractivity contribution >= 4 is 50.8 Å². The monoisotopic (exact) mass is 374 g/mol. The van der Waals surface area contributed by atoms with Gasteiger partial charge in [-0.15, -0.1) is 11.3 Å². The number of imide groups is 1. The van der Waals surface area contributed by atoms with Gasteiger partial charge in [-0.3, -0.25) is 14.5 Å². The minimum absolute atomic E-state index is 0.00360. The van der Waals surface area contributed by atoms with E-state index in [-0.39, 0.29) is 23.7 Å². The molecule has 2 aromatic rings. The highest BCUT2D eigenvalue weighted by molar-refractivity contribution is 8.01. The number of aromatic nitrogens is 1. The number of amides is 2. The van der Waals surface area contributed by atoms with Gasteiger partial charge in [0, 0.05) is 5.75 Å². The van der Waals surface area contributed by atoms with Gasteiger partial charge in [-0.2, -0.15) is 0 Å². The quantitative estimate of drug-likeness (QED) is 0.426. The molecule has 132 valence electrons. The zero-order valence-corrected chi connectivity index (χ0v) is 16.0. The second-order valence-electron chi connectivity index (χ2n) is 6.84. The van der Waals surface area contributed by atoms with Crippen LogP contribution in [-0.2, 0) is 9.59 Å². The number of hydrogen-bond donors (Lipinski definition) is 0. The normalized spacial score (nSPS) is 23.5. The lowest BCUT2D eigenvalue weighted by atomic mass is 9.81. The van der Waals surface area contributed by atoms with E-state index in [0.717, 1.165) is 46.0 Å². The summed E-state index contributed by atoms with van der Waals surface area (Å²) < 4.78 is 2.11. The van der Waals surface area contributed by atoms with E-state index in [1.54, 1.807) is 23.1 Å². The molecule has 1 aliphatic carbocycles. The van der Waals surface area contributed by atoms with Gasteiger partial charge in [-0.05, 0) is 37.5 Å². The Labute approximate surface area is 156 Å². The second-order valence-corrected chi connectivity index (χ2v) is 9.22. The third-order valence-corrected chi connectivity index (χ3v) is 7.42. The fourth-order valence-electron chi connectivity index (χ4n) is 3.81. The van der Waals surface area contributed by atoms with Crippen LogP contribution in [0, 0.1) is 11.8 Å². The van der Waals surface area contributed by atoms with Crippen LogP contribution < -0.4 is 4.90 Å². The largest absolute Gasteiger partial charge is 0.274 e. The first-order chi connectivity index (χ1) is 12.2. The second kappa shape index (κ2) is 7.08. The van der Waals surface area contributed by atoms with Gasteiger partial charge < -0.3 is 0 Å². The summed E-state index contributed by atoms with van der Waals surface area (Å²) in [5.74, 6) is 0.875.